The zero-order chi connectivity index (χ0) is 12.5. The quantitative estimate of drug-likeness (QED) is 0.843. The van der Waals surface area contributed by atoms with Gasteiger partial charge < -0.3 is 0 Å². The van der Waals surface area contributed by atoms with Crippen LogP contribution in [0, 0.1) is 5.92 Å². The summed E-state index contributed by atoms with van der Waals surface area (Å²) in [6.07, 6.45) is 0. The molecule has 1 fully saturated rings. The van der Waals surface area contributed by atoms with Crippen LogP contribution in [-0.2, 0) is 9.84 Å². The Hall–Kier alpha value is -0.910. The Morgan fingerprint density at radius 1 is 1.06 bits per heavy atom. The van der Waals surface area contributed by atoms with Crippen LogP contribution < -0.4 is 10.9 Å². The number of nitrogens with one attached hydrogen (secondary N) is 2. The van der Waals surface area contributed by atoms with Crippen LogP contribution in [-0.4, -0.2) is 26.3 Å². The second kappa shape index (κ2) is 4.76. The third-order valence-electron chi connectivity index (χ3n) is 3.34. The van der Waals surface area contributed by atoms with Gasteiger partial charge in [-0.1, -0.05) is 18.2 Å². The van der Waals surface area contributed by atoms with E-state index in [2.05, 4.69) is 10.9 Å². The van der Waals surface area contributed by atoms with Crippen LogP contribution >= 0.6 is 0 Å². The lowest BCUT2D eigenvalue weighted by Crippen LogP contribution is -2.30. The number of sulfone groups is 1. The maximum absolute atomic E-state index is 12.2. The molecule has 0 aliphatic carbocycles. The first kappa shape index (κ1) is 12.5. The molecule has 2 N–H and O–H groups in total. The maximum atomic E-state index is 12.2. The minimum atomic E-state index is -3.19. The summed E-state index contributed by atoms with van der Waals surface area (Å²) in [5.41, 5.74) is 6.16. The first-order valence-corrected chi connectivity index (χ1v) is 7.45. The average Bonchev–Trinajstić information content (AvgIpc) is 2.62. The van der Waals surface area contributed by atoms with E-state index in [4.69, 9.17) is 0 Å². The fraction of sp³-hybridized carbons (Fsp3) is 0.500. The lowest BCUT2D eigenvalue weighted by molar-refractivity contribution is 0.478. The molecule has 0 bridgehead atoms. The average molecular weight is 254 g/mol. The third-order valence-corrected chi connectivity index (χ3v) is 5.15. The molecule has 0 saturated carbocycles. The number of hydrogen-bond acceptors (Lipinski definition) is 4. The number of rotatable bonds is 3. The fourth-order valence-electron chi connectivity index (χ4n) is 2.18. The number of hydrazine groups is 1. The van der Waals surface area contributed by atoms with Crippen LogP contribution in [0.2, 0.25) is 0 Å². The van der Waals surface area contributed by atoms with E-state index >= 15 is 0 Å². The molecule has 2 atom stereocenters. The van der Waals surface area contributed by atoms with Gasteiger partial charge in [0.1, 0.15) is 0 Å². The van der Waals surface area contributed by atoms with E-state index in [9.17, 15) is 8.42 Å². The van der Waals surface area contributed by atoms with Crippen molar-refractivity contribution in [3.05, 3.63) is 30.3 Å². The number of hydrogen-bond donors (Lipinski definition) is 2. The van der Waals surface area contributed by atoms with E-state index in [0.29, 0.717) is 4.90 Å². The van der Waals surface area contributed by atoms with Gasteiger partial charge >= 0.3 is 0 Å². The second-order valence-corrected chi connectivity index (χ2v) is 6.66. The molecule has 1 saturated heterocycles. The summed E-state index contributed by atoms with van der Waals surface area (Å²) >= 11 is 0. The highest BCUT2D eigenvalue weighted by atomic mass is 32.2. The summed E-state index contributed by atoms with van der Waals surface area (Å²) < 4.78 is 24.4. The van der Waals surface area contributed by atoms with E-state index in [-0.39, 0.29) is 23.8 Å². The van der Waals surface area contributed by atoms with Crippen LogP contribution in [0.25, 0.3) is 0 Å². The Labute approximate surface area is 102 Å². The molecular formula is C12H18N2O2S. The van der Waals surface area contributed by atoms with E-state index in [1.807, 2.05) is 19.9 Å². The fourth-order valence-corrected chi connectivity index (χ4v) is 4.02. The van der Waals surface area contributed by atoms with E-state index < -0.39 is 9.84 Å². The Morgan fingerprint density at radius 3 is 2.12 bits per heavy atom. The van der Waals surface area contributed by atoms with Crippen LogP contribution in [0.5, 0.6) is 0 Å². The van der Waals surface area contributed by atoms with Crippen molar-refractivity contribution in [2.75, 3.05) is 5.75 Å². The lowest BCUT2D eigenvalue weighted by atomic mass is 9.99. The van der Waals surface area contributed by atoms with Gasteiger partial charge in [-0.05, 0) is 26.0 Å². The van der Waals surface area contributed by atoms with Gasteiger partial charge in [-0.3, -0.25) is 10.9 Å². The molecular weight excluding hydrogens is 236 g/mol. The zero-order valence-electron chi connectivity index (χ0n) is 10.1. The predicted octanol–water partition coefficient (Wildman–Crippen LogP) is 0.961. The van der Waals surface area contributed by atoms with Crippen molar-refractivity contribution in [2.24, 2.45) is 5.92 Å². The van der Waals surface area contributed by atoms with E-state index in [1.165, 1.54) is 0 Å². The summed E-state index contributed by atoms with van der Waals surface area (Å²) in [7, 11) is -3.19. The van der Waals surface area contributed by atoms with Crippen molar-refractivity contribution < 1.29 is 8.42 Å². The zero-order valence-corrected chi connectivity index (χ0v) is 10.9. The Kier molecular flexibility index (Phi) is 3.51. The molecule has 0 amide bonds. The predicted molar refractivity (Wildman–Crippen MR) is 67.2 cm³/mol. The summed E-state index contributed by atoms with van der Waals surface area (Å²) in [5.74, 6) is 0.277. The van der Waals surface area contributed by atoms with Gasteiger partial charge in [0.15, 0.2) is 9.84 Å². The smallest absolute Gasteiger partial charge is 0.178 e. The largest absolute Gasteiger partial charge is 0.254 e. The van der Waals surface area contributed by atoms with Gasteiger partial charge in [-0.2, -0.15) is 0 Å². The molecule has 4 nitrogen and oxygen atoms in total. The first-order valence-electron chi connectivity index (χ1n) is 5.79. The summed E-state index contributed by atoms with van der Waals surface area (Å²) in [6, 6.07) is 8.98. The SMILES string of the molecule is CC1NNC(C)C1CS(=O)(=O)c1ccccc1. The summed E-state index contributed by atoms with van der Waals surface area (Å²) in [4.78, 5) is 0.409. The highest BCUT2D eigenvalue weighted by Gasteiger charge is 2.34. The molecule has 5 heteroatoms. The molecule has 1 aromatic rings. The van der Waals surface area contributed by atoms with Crippen LogP contribution in [0.4, 0.5) is 0 Å². The van der Waals surface area contributed by atoms with Crippen LogP contribution in [0.15, 0.2) is 35.2 Å². The maximum Gasteiger partial charge on any atom is 0.178 e. The van der Waals surface area contributed by atoms with E-state index in [0.717, 1.165) is 0 Å². The summed E-state index contributed by atoms with van der Waals surface area (Å²) in [6.45, 7) is 4.00. The van der Waals surface area contributed by atoms with Crippen LogP contribution in [0.1, 0.15) is 13.8 Å². The Bertz CT molecular complexity index is 463. The van der Waals surface area contributed by atoms with Gasteiger partial charge in [0.05, 0.1) is 10.6 Å². The minimum absolute atomic E-state index is 0.0974. The molecule has 94 valence electrons. The lowest BCUT2D eigenvalue weighted by Gasteiger charge is -2.17. The second-order valence-electron chi connectivity index (χ2n) is 4.62. The van der Waals surface area contributed by atoms with Crippen molar-refractivity contribution in [3.63, 3.8) is 0 Å². The molecule has 1 aromatic carbocycles. The molecule has 2 rings (SSSR count). The number of benzene rings is 1. The molecule has 0 radical (unpaired) electrons. The van der Waals surface area contributed by atoms with Crippen LogP contribution in [0.3, 0.4) is 0 Å². The monoisotopic (exact) mass is 254 g/mol. The van der Waals surface area contributed by atoms with Gasteiger partial charge in [-0.25, -0.2) is 8.42 Å². The summed E-state index contributed by atoms with van der Waals surface area (Å²) in [5, 5.41) is 0. The first-order chi connectivity index (χ1) is 8.00. The molecule has 1 heterocycles. The van der Waals surface area contributed by atoms with Crippen molar-refractivity contribution in [1.29, 1.82) is 0 Å². The Balaban J connectivity index is 2.18. The third kappa shape index (κ3) is 2.68. The Morgan fingerprint density at radius 2 is 1.59 bits per heavy atom. The van der Waals surface area contributed by atoms with Crippen molar-refractivity contribution in [2.45, 2.75) is 30.8 Å². The molecule has 1 aliphatic rings. The van der Waals surface area contributed by atoms with Gasteiger partial charge in [0, 0.05) is 18.0 Å². The normalized spacial score (nSPS) is 29.4. The molecule has 17 heavy (non-hydrogen) atoms. The minimum Gasteiger partial charge on any atom is -0.254 e. The van der Waals surface area contributed by atoms with E-state index in [1.54, 1.807) is 24.3 Å². The van der Waals surface area contributed by atoms with Crippen molar-refractivity contribution in [1.82, 2.24) is 10.9 Å². The standard InChI is InChI=1S/C12H18N2O2S/c1-9-12(10(2)14-13-9)8-17(15,16)11-6-4-3-5-7-11/h3-7,9-10,12-14H,8H2,1-2H3. The van der Waals surface area contributed by atoms with Crippen molar-refractivity contribution in [3.8, 4) is 0 Å². The molecule has 0 aromatic heterocycles. The highest BCUT2D eigenvalue weighted by molar-refractivity contribution is 7.91. The molecule has 0 spiro atoms. The highest BCUT2D eigenvalue weighted by Crippen LogP contribution is 2.21. The molecule has 2 unspecified atom stereocenters. The molecule has 1 aliphatic heterocycles. The van der Waals surface area contributed by atoms with Crippen molar-refractivity contribution >= 4 is 9.84 Å². The van der Waals surface area contributed by atoms with Gasteiger partial charge in [0.2, 0.25) is 0 Å². The van der Waals surface area contributed by atoms with Gasteiger partial charge in [-0.15, -0.1) is 0 Å². The topological polar surface area (TPSA) is 58.2 Å². The van der Waals surface area contributed by atoms with Gasteiger partial charge in [0.25, 0.3) is 0 Å².